The summed E-state index contributed by atoms with van der Waals surface area (Å²) in [4.78, 5) is 28.9. The Balaban J connectivity index is 1.71. The highest BCUT2D eigenvalue weighted by atomic mass is 32.1. The van der Waals surface area contributed by atoms with Gasteiger partial charge in [-0.2, -0.15) is 0 Å². The molecule has 0 saturated carbocycles. The van der Waals surface area contributed by atoms with Gasteiger partial charge in [0.15, 0.2) is 0 Å². The van der Waals surface area contributed by atoms with Crippen molar-refractivity contribution in [2.24, 2.45) is 0 Å². The third-order valence-corrected chi connectivity index (χ3v) is 4.42. The number of hydrogen-bond acceptors (Lipinski definition) is 4. The summed E-state index contributed by atoms with van der Waals surface area (Å²) in [6, 6.07) is 5.10. The number of carboxylic acid groups (broad SMARTS) is 1. The highest BCUT2D eigenvalue weighted by Gasteiger charge is 2.30. The van der Waals surface area contributed by atoms with Crippen LogP contribution in [0.4, 0.5) is 10.5 Å². The van der Waals surface area contributed by atoms with Crippen molar-refractivity contribution in [3.8, 4) is 0 Å². The number of hydrogen-bond donors (Lipinski definition) is 2. The largest absolute Gasteiger partial charge is 0.481 e. The maximum absolute atomic E-state index is 12.3. The molecule has 0 bridgehead atoms. The van der Waals surface area contributed by atoms with Gasteiger partial charge in [-0.3, -0.25) is 4.79 Å². The first-order chi connectivity index (χ1) is 10.1. The zero-order valence-electron chi connectivity index (χ0n) is 11.3. The van der Waals surface area contributed by atoms with Crippen LogP contribution in [0.1, 0.15) is 19.3 Å². The number of carbonyl (C=O) groups is 2. The van der Waals surface area contributed by atoms with Crippen LogP contribution in [0, 0.1) is 0 Å². The summed E-state index contributed by atoms with van der Waals surface area (Å²) >= 11 is 1.52. The second-order valence-corrected chi connectivity index (χ2v) is 5.94. The second-order valence-electron chi connectivity index (χ2n) is 5.05. The van der Waals surface area contributed by atoms with Gasteiger partial charge in [0.05, 0.1) is 22.1 Å². The summed E-state index contributed by atoms with van der Waals surface area (Å²) in [5.74, 6) is -0.870. The van der Waals surface area contributed by atoms with Gasteiger partial charge in [0.25, 0.3) is 0 Å². The number of nitrogens with zero attached hydrogens (tertiary/aromatic N) is 2. The average Bonchev–Trinajstić information content (AvgIpc) is 3.06. The topological polar surface area (TPSA) is 82.5 Å². The number of rotatable bonds is 3. The molecule has 1 aromatic carbocycles. The number of nitrogens with one attached hydrogen (secondary N) is 1. The standard InChI is InChI=1S/C14H15N3O3S/c18-13(19)7-10-2-1-5-17(10)14(20)16-9-3-4-11-12(6-9)21-8-15-11/h3-4,6,8,10H,1-2,5,7H2,(H,16,20)(H,18,19). The van der Waals surface area contributed by atoms with Crippen LogP contribution in [-0.2, 0) is 4.79 Å². The third kappa shape index (κ3) is 2.97. The molecule has 0 aliphatic carbocycles. The number of aliphatic carboxylic acids is 1. The van der Waals surface area contributed by atoms with E-state index in [1.54, 1.807) is 10.4 Å². The van der Waals surface area contributed by atoms with Crippen LogP contribution in [0.25, 0.3) is 10.2 Å². The van der Waals surface area contributed by atoms with E-state index < -0.39 is 5.97 Å². The number of fused-ring (bicyclic) bond motifs is 1. The molecule has 2 heterocycles. The number of urea groups is 1. The van der Waals surface area contributed by atoms with E-state index in [-0.39, 0.29) is 18.5 Å². The van der Waals surface area contributed by atoms with E-state index in [0.29, 0.717) is 12.2 Å². The monoisotopic (exact) mass is 305 g/mol. The molecule has 6 nitrogen and oxygen atoms in total. The Morgan fingerprint density at radius 3 is 3.14 bits per heavy atom. The fourth-order valence-electron chi connectivity index (χ4n) is 2.64. The van der Waals surface area contributed by atoms with Crippen LogP contribution in [0.15, 0.2) is 23.7 Å². The maximum Gasteiger partial charge on any atom is 0.322 e. The summed E-state index contributed by atoms with van der Waals surface area (Å²) in [7, 11) is 0. The van der Waals surface area contributed by atoms with Crippen LogP contribution in [0.2, 0.25) is 0 Å². The van der Waals surface area contributed by atoms with Gasteiger partial charge in [-0.1, -0.05) is 0 Å². The highest BCUT2D eigenvalue weighted by Crippen LogP contribution is 2.24. The van der Waals surface area contributed by atoms with E-state index in [9.17, 15) is 9.59 Å². The molecule has 1 aromatic heterocycles. The summed E-state index contributed by atoms with van der Waals surface area (Å²) in [6.07, 6.45) is 1.59. The van der Waals surface area contributed by atoms with Crippen LogP contribution < -0.4 is 5.32 Å². The Hall–Kier alpha value is -2.15. The van der Waals surface area contributed by atoms with E-state index in [4.69, 9.17) is 5.11 Å². The normalized spacial score (nSPS) is 18.1. The summed E-state index contributed by atoms with van der Waals surface area (Å²) in [6.45, 7) is 0.604. The minimum atomic E-state index is -0.870. The van der Waals surface area contributed by atoms with Crippen molar-refractivity contribution in [2.75, 3.05) is 11.9 Å². The lowest BCUT2D eigenvalue weighted by molar-refractivity contribution is -0.137. The molecule has 1 unspecified atom stereocenters. The fraction of sp³-hybridized carbons (Fsp3) is 0.357. The van der Waals surface area contributed by atoms with Gasteiger partial charge in [-0.05, 0) is 31.0 Å². The molecule has 1 aliphatic heterocycles. The molecule has 2 aromatic rings. The molecule has 0 radical (unpaired) electrons. The Kier molecular flexibility index (Phi) is 3.74. The van der Waals surface area contributed by atoms with Gasteiger partial charge >= 0.3 is 12.0 Å². The average molecular weight is 305 g/mol. The SMILES string of the molecule is O=C(O)CC1CCCN1C(=O)Nc1ccc2ncsc2c1. The molecule has 0 spiro atoms. The quantitative estimate of drug-likeness (QED) is 0.913. The van der Waals surface area contributed by atoms with E-state index in [1.807, 2.05) is 18.2 Å². The Morgan fingerprint density at radius 2 is 2.33 bits per heavy atom. The molecule has 1 atom stereocenters. The first kappa shape index (κ1) is 13.8. The molecule has 2 amide bonds. The molecule has 3 rings (SSSR count). The lowest BCUT2D eigenvalue weighted by Gasteiger charge is -2.23. The zero-order valence-corrected chi connectivity index (χ0v) is 12.1. The van der Waals surface area contributed by atoms with Crippen molar-refractivity contribution in [2.45, 2.75) is 25.3 Å². The van der Waals surface area contributed by atoms with E-state index in [1.165, 1.54) is 11.3 Å². The van der Waals surface area contributed by atoms with Crippen molar-refractivity contribution in [3.63, 3.8) is 0 Å². The van der Waals surface area contributed by atoms with Crippen LogP contribution in [0.5, 0.6) is 0 Å². The molecular formula is C14H15N3O3S. The van der Waals surface area contributed by atoms with E-state index in [0.717, 1.165) is 23.1 Å². The smallest absolute Gasteiger partial charge is 0.322 e. The number of amides is 2. The van der Waals surface area contributed by atoms with Crippen molar-refractivity contribution in [1.82, 2.24) is 9.88 Å². The van der Waals surface area contributed by atoms with Crippen LogP contribution in [0.3, 0.4) is 0 Å². The lowest BCUT2D eigenvalue weighted by Crippen LogP contribution is -2.39. The molecule has 110 valence electrons. The van der Waals surface area contributed by atoms with Gasteiger partial charge in [0.1, 0.15) is 0 Å². The fourth-order valence-corrected chi connectivity index (χ4v) is 3.36. The minimum Gasteiger partial charge on any atom is -0.481 e. The van der Waals surface area contributed by atoms with Crippen LogP contribution in [-0.4, -0.2) is 39.6 Å². The van der Waals surface area contributed by atoms with Gasteiger partial charge in [-0.25, -0.2) is 9.78 Å². The summed E-state index contributed by atoms with van der Waals surface area (Å²) in [5, 5.41) is 11.7. The van der Waals surface area contributed by atoms with Crippen molar-refractivity contribution < 1.29 is 14.7 Å². The first-order valence-corrected chi connectivity index (χ1v) is 7.64. The third-order valence-electron chi connectivity index (χ3n) is 3.63. The number of anilines is 1. The number of thiazole rings is 1. The van der Waals surface area contributed by atoms with Gasteiger partial charge in [0.2, 0.25) is 0 Å². The van der Waals surface area contributed by atoms with E-state index in [2.05, 4.69) is 10.3 Å². The second kappa shape index (κ2) is 5.69. The molecule has 1 fully saturated rings. The number of benzene rings is 1. The Morgan fingerprint density at radius 1 is 1.48 bits per heavy atom. The predicted octanol–water partition coefficient (Wildman–Crippen LogP) is 2.77. The lowest BCUT2D eigenvalue weighted by atomic mass is 10.1. The number of aromatic nitrogens is 1. The summed E-state index contributed by atoms with van der Waals surface area (Å²) in [5.41, 5.74) is 3.38. The van der Waals surface area contributed by atoms with Gasteiger partial charge in [0, 0.05) is 18.3 Å². The van der Waals surface area contributed by atoms with Gasteiger partial charge in [-0.15, -0.1) is 11.3 Å². The van der Waals surface area contributed by atoms with Crippen molar-refractivity contribution in [3.05, 3.63) is 23.7 Å². The number of likely N-dealkylation sites (tertiary alicyclic amines) is 1. The maximum atomic E-state index is 12.3. The summed E-state index contributed by atoms with van der Waals surface area (Å²) < 4.78 is 1.01. The van der Waals surface area contributed by atoms with Crippen molar-refractivity contribution >= 4 is 39.2 Å². The molecule has 2 N–H and O–H groups in total. The Bertz CT molecular complexity index is 685. The minimum absolute atomic E-state index is 0.00129. The Labute approximate surface area is 125 Å². The van der Waals surface area contributed by atoms with Gasteiger partial charge < -0.3 is 15.3 Å². The van der Waals surface area contributed by atoms with E-state index >= 15 is 0 Å². The number of carbonyl (C=O) groups excluding carboxylic acids is 1. The predicted molar refractivity (Wildman–Crippen MR) is 80.6 cm³/mol. The molecule has 21 heavy (non-hydrogen) atoms. The van der Waals surface area contributed by atoms with Crippen LogP contribution >= 0.6 is 11.3 Å². The molecule has 1 saturated heterocycles. The molecule has 1 aliphatic rings. The zero-order chi connectivity index (χ0) is 14.8. The first-order valence-electron chi connectivity index (χ1n) is 6.76. The highest BCUT2D eigenvalue weighted by molar-refractivity contribution is 7.16. The number of carboxylic acids is 1. The van der Waals surface area contributed by atoms with Crippen molar-refractivity contribution in [1.29, 1.82) is 0 Å². The molecule has 7 heteroatoms. The molecular weight excluding hydrogens is 290 g/mol.